The minimum Gasteiger partial charge on any atom is -0.398 e. The lowest BCUT2D eigenvalue weighted by molar-refractivity contribution is 0.931. The van der Waals surface area contributed by atoms with Gasteiger partial charge in [-0.25, -0.2) is 0 Å². The molecule has 0 aromatic heterocycles. The van der Waals surface area contributed by atoms with Gasteiger partial charge in [-0.05, 0) is 11.6 Å². The van der Waals surface area contributed by atoms with Crippen molar-refractivity contribution in [3.05, 3.63) is 29.8 Å². The van der Waals surface area contributed by atoms with Crippen molar-refractivity contribution in [1.82, 2.24) is 10.6 Å². The van der Waals surface area contributed by atoms with Crippen molar-refractivity contribution in [2.75, 3.05) is 25.1 Å². The average Bonchev–Trinajstić information content (AvgIpc) is 2.39. The Kier molecular flexibility index (Phi) is 6.51. The van der Waals surface area contributed by atoms with Gasteiger partial charge >= 0.3 is 0 Å². The third-order valence-electron chi connectivity index (χ3n) is 2.25. The van der Waals surface area contributed by atoms with Crippen molar-refractivity contribution >= 4 is 23.4 Å². The number of nitrogen functional groups attached to an aromatic ring is 1. The van der Waals surface area contributed by atoms with Gasteiger partial charge in [0.05, 0.1) is 0 Å². The van der Waals surface area contributed by atoms with Crippen molar-refractivity contribution in [3.63, 3.8) is 0 Å². The summed E-state index contributed by atoms with van der Waals surface area (Å²) in [5.74, 6) is 2.30. The molecule has 0 aliphatic rings. The van der Waals surface area contributed by atoms with Crippen LogP contribution in [0.5, 0.6) is 0 Å². The largest absolute Gasteiger partial charge is 0.398 e. The van der Waals surface area contributed by atoms with E-state index in [4.69, 9.17) is 11.0 Å². The summed E-state index contributed by atoms with van der Waals surface area (Å²) in [5.41, 5.74) is 7.84. The van der Waals surface area contributed by atoms with Crippen LogP contribution in [0.4, 0.5) is 5.69 Å². The predicted octanol–water partition coefficient (Wildman–Crippen LogP) is 1.15. The van der Waals surface area contributed by atoms with Crippen LogP contribution in [0.2, 0.25) is 0 Å². The molecular weight excluding hydrogens is 246 g/mol. The van der Waals surface area contributed by atoms with E-state index in [2.05, 4.69) is 15.6 Å². The van der Waals surface area contributed by atoms with E-state index in [-0.39, 0.29) is 0 Å². The fourth-order valence-corrected chi connectivity index (χ4v) is 2.20. The summed E-state index contributed by atoms with van der Waals surface area (Å²) in [6.07, 6.45) is 1.83. The highest BCUT2D eigenvalue weighted by molar-refractivity contribution is 7.98. The van der Waals surface area contributed by atoms with Crippen LogP contribution in [0, 0.1) is 11.5 Å². The zero-order chi connectivity index (χ0) is 13.2. The van der Waals surface area contributed by atoms with Gasteiger partial charge in [0.25, 0.3) is 0 Å². The lowest BCUT2D eigenvalue weighted by Gasteiger charge is -2.07. The molecule has 1 rings (SSSR count). The van der Waals surface area contributed by atoms with E-state index < -0.39 is 0 Å². The molecule has 0 saturated heterocycles. The summed E-state index contributed by atoms with van der Waals surface area (Å²) in [6.45, 7) is 0.749. The number of rotatable bonds is 5. The maximum atomic E-state index is 8.45. The van der Waals surface area contributed by atoms with Gasteiger partial charge in [0.2, 0.25) is 5.96 Å². The first-order valence-corrected chi connectivity index (χ1v) is 6.70. The molecule has 0 radical (unpaired) electrons. The number of guanidine groups is 1. The third kappa shape index (κ3) is 4.97. The van der Waals surface area contributed by atoms with Crippen molar-refractivity contribution in [2.45, 2.75) is 5.75 Å². The number of nitrogens with zero attached hydrogens (tertiary/aromatic N) is 2. The Morgan fingerprint density at radius 3 is 2.94 bits per heavy atom. The van der Waals surface area contributed by atoms with E-state index in [1.165, 1.54) is 0 Å². The van der Waals surface area contributed by atoms with Crippen LogP contribution in [0.1, 0.15) is 5.56 Å². The summed E-state index contributed by atoms with van der Waals surface area (Å²) in [5, 5.41) is 13.9. The lowest BCUT2D eigenvalue weighted by atomic mass is 10.2. The molecule has 96 valence electrons. The first-order valence-electron chi connectivity index (χ1n) is 5.54. The average molecular weight is 263 g/mol. The number of nitrogens with one attached hydrogen (secondary N) is 2. The first-order chi connectivity index (χ1) is 8.77. The number of hydrogen-bond acceptors (Lipinski definition) is 4. The molecule has 1 aromatic rings. The van der Waals surface area contributed by atoms with Crippen LogP contribution in [0.15, 0.2) is 29.3 Å². The van der Waals surface area contributed by atoms with Gasteiger partial charge in [-0.1, -0.05) is 18.2 Å². The Morgan fingerprint density at radius 2 is 2.28 bits per heavy atom. The highest BCUT2D eigenvalue weighted by Crippen LogP contribution is 2.17. The second-order valence-corrected chi connectivity index (χ2v) is 4.59. The van der Waals surface area contributed by atoms with Crippen molar-refractivity contribution in [1.29, 1.82) is 5.26 Å². The van der Waals surface area contributed by atoms with E-state index in [9.17, 15) is 0 Å². The molecule has 5 nitrogen and oxygen atoms in total. The van der Waals surface area contributed by atoms with Crippen LogP contribution in [0.25, 0.3) is 0 Å². The normalized spacial score (nSPS) is 10.8. The van der Waals surface area contributed by atoms with Gasteiger partial charge in [0.15, 0.2) is 6.19 Å². The molecule has 0 atom stereocenters. The number of thioether (sulfide) groups is 1. The van der Waals surface area contributed by atoms with Crippen LogP contribution in [-0.2, 0) is 5.75 Å². The topological polar surface area (TPSA) is 86.2 Å². The number of benzene rings is 1. The fourth-order valence-electron chi connectivity index (χ4n) is 1.32. The fraction of sp³-hybridized carbons (Fsp3) is 0.333. The first kappa shape index (κ1) is 14.2. The molecule has 6 heteroatoms. The van der Waals surface area contributed by atoms with E-state index in [0.717, 1.165) is 29.3 Å². The standard InChI is InChI=1S/C12H17N5S/c1-15-12(17-9-13)16-6-7-18-8-10-4-2-3-5-11(10)14/h2-5H,6-8,14H2,1H3,(H2,15,16,17). The second-order valence-electron chi connectivity index (χ2n) is 3.49. The smallest absolute Gasteiger partial charge is 0.204 e. The zero-order valence-corrected chi connectivity index (χ0v) is 11.1. The van der Waals surface area contributed by atoms with E-state index in [1.54, 1.807) is 18.8 Å². The van der Waals surface area contributed by atoms with E-state index in [0.29, 0.717) is 5.96 Å². The monoisotopic (exact) mass is 263 g/mol. The number of para-hydroxylation sites is 1. The molecule has 0 spiro atoms. The molecule has 0 unspecified atom stereocenters. The maximum absolute atomic E-state index is 8.45. The van der Waals surface area contributed by atoms with Crippen LogP contribution in [0.3, 0.4) is 0 Å². The SMILES string of the molecule is CN=C(NC#N)NCCSCc1ccccc1N. The predicted molar refractivity (Wildman–Crippen MR) is 77.1 cm³/mol. The highest BCUT2D eigenvalue weighted by Gasteiger charge is 1.98. The molecule has 0 aliphatic carbocycles. The Morgan fingerprint density at radius 1 is 1.50 bits per heavy atom. The lowest BCUT2D eigenvalue weighted by Crippen LogP contribution is -2.35. The van der Waals surface area contributed by atoms with Crippen LogP contribution in [-0.4, -0.2) is 25.3 Å². The van der Waals surface area contributed by atoms with Gasteiger partial charge in [-0.2, -0.15) is 17.0 Å². The maximum Gasteiger partial charge on any atom is 0.204 e. The van der Waals surface area contributed by atoms with Gasteiger partial charge in [-0.15, -0.1) is 0 Å². The van der Waals surface area contributed by atoms with Crippen LogP contribution >= 0.6 is 11.8 Å². The minimum absolute atomic E-state index is 0.498. The number of anilines is 1. The molecular formula is C12H17N5S. The number of nitrogens with two attached hydrogens (primary N) is 1. The summed E-state index contributed by atoms with van der Waals surface area (Å²) in [7, 11) is 1.63. The van der Waals surface area contributed by atoms with Crippen molar-refractivity contribution < 1.29 is 0 Å². The number of nitriles is 1. The van der Waals surface area contributed by atoms with Crippen LogP contribution < -0.4 is 16.4 Å². The Balaban J connectivity index is 2.20. The molecule has 0 aliphatic heterocycles. The van der Waals surface area contributed by atoms with Gasteiger partial charge < -0.3 is 11.1 Å². The molecule has 0 amide bonds. The van der Waals surface area contributed by atoms with Gasteiger partial charge in [0, 0.05) is 30.8 Å². The Bertz CT molecular complexity index is 438. The second kappa shape index (κ2) is 8.25. The van der Waals surface area contributed by atoms with Gasteiger partial charge in [0.1, 0.15) is 0 Å². The van der Waals surface area contributed by atoms with Gasteiger partial charge in [-0.3, -0.25) is 10.3 Å². The van der Waals surface area contributed by atoms with Crippen molar-refractivity contribution in [3.8, 4) is 6.19 Å². The number of aliphatic imine (C=N–C) groups is 1. The van der Waals surface area contributed by atoms with E-state index >= 15 is 0 Å². The molecule has 4 N–H and O–H groups in total. The summed E-state index contributed by atoms with van der Waals surface area (Å²) in [4.78, 5) is 3.89. The summed E-state index contributed by atoms with van der Waals surface area (Å²) >= 11 is 1.78. The Hall–Kier alpha value is -1.87. The molecule has 18 heavy (non-hydrogen) atoms. The molecule has 0 bridgehead atoms. The zero-order valence-electron chi connectivity index (χ0n) is 10.3. The molecule has 0 fully saturated rings. The Labute approximate surface area is 111 Å². The quantitative estimate of drug-likeness (QED) is 0.185. The highest BCUT2D eigenvalue weighted by atomic mass is 32.2. The summed E-state index contributed by atoms with van der Waals surface area (Å²) < 4.78 is 0. The molecule has 0 heterocycles. The number of hydrogen-bond donors (Lipinski definition) is 3. The molecule has 1 aromatic carbocycles. The summed E-state index contributed by atoms with van der Waals surface area (Å²) in [6, 6.07) is 7.87. The van der Waals surface area contributed by atoms with E-state index in [1.807, 2.05) is 30.5 Å². The third-order valence-corrected chi connectivity index (χ3v) is 3.26. The molecule has 0 saturated carbocycles. The minimum atomic E-state index is 0.498. The van der Waals surface area contributed by atoms with Crippen molar-refractivity contribution in [2.24, 2.45) is 4.99 Å².